The summed E-state index contributed by atoms with van der Waals surface area (Å²) < 4.78 is 0. The second-order valence-corrected chi connectivity index (χ2v) is 5.11. The molecule has 0 saturated heterocycles. The fraction of sp³-hybridized carbons (Fsp3) is 0.533. The summed E-state index contributed by atoms with van der Waals surface area (Å²) in [6.07, 6.45) is 0.666. The minimum atomic E-state index is -0.343. The van der Waals surface area contributed by atoms with Crippen molar-refractivity contribution in [3.63, 3.8) is 0 Å². The number of benzene rings is 1. The highest BCUT2D eigenvalue weighted by atomic mass is 16.3. The highest BCUT2D eigenvalue weighted by Crippen LogP contribution is 2.05. The van der Waals surface area contributed by atoms with Gasteiger partial charge in [-0.15, -0.1) is 0 Å². The molecule has 1 rings (SSSR count). The van der Waals surface area contributed by atoms with Gasteiger partial charge in [0, 0.05) is 6.54 Å². The van der Waals surface area contributed by atoms with Gasteiger partial charge in [0.25, 0.3) is 0 Å². The number of aliphatic hydroxyl groups is 1. The van der Waals surface area contributed by atoms with Gasteiger partial charge in [-0.05, 0) is 24.8 Å². The number of hydrogen-bond acceptors (Lipinski definition) is 2. The van der Waals surface area contributed by atoms with E-state index in [1.165, 1.54) is 5.56 Å². The summed E-state index contributed by atoms with van der Waals surface area (Å²) in [5.74, 6) is 0.244. The number of nitrogens with one attached hydrogen (secondary N) is 1. The zero-order valence-electron chi connectivity index (χ0n) is 11.4. The highest BCUT2D eigenvalue weighted by molar-refractivity contribution is 5.78. The molecule has 0 spiro atoms. The number of aliphatic hydroxyl groups excluding tert-OH is 1. The molecule has 2 N–H and O–H groups in total. The van der Waals surface area contributed by atoms with E-state index in [-0.39, 0.29) is 17.9 Å². The average Bonchev–Trinajstić information content (AvgIpc) is 2.32. The van der Waals surface area contributed by atoms with E-state index in [0.717, 1.165) is 5.56 Å². The van der Waals surface area contributed by atoms with Crippen LogP contribution < -0.4 is 5.32 Å². The van der Waals surface area contributed by atoms with E-state index < -0.39 is 0 Å². The van der Waals surface area contributed by atoms with Gasteiger partial charge in [-0.1, -0.05) is 43.7 Å². The summed E-state index contributed by atoms with van der Waals surface area (Å²) in [4.78, 5) is 11.7. The van der Waals surface area contributed by atoms with E-state index >= 15 is 0 Å². The van der Waals surface area contributed by atoms with Gasteiger partial charge in [-0.25, -0.2) is 0 Å². The maximum Gasteiger partial charge on any atom is 0.224 e. The molecule has 0 aliphatic heterocycles. The van der Waals surface area contributed by atoms with Crippen LogP contribution in [0.5, 0.6) is 0 Å². The van der Waals surface area contributed by atoms with Crippen molar-refractivity contribution >= 4 is 5.91 Å². The summed E-state index contributed by atoms with van der Waals surface area (Å²) in [6, 6.07) is 7.95. The lowest BCUT2D eigenvalue weighted by Gasteiger charge is -2.14. The van der Waals surface area contributed by atoms with Crippen LogP contribution >= 0.6 is 0 Å². The third kappa shape index (κ3) is 5.32. The van der Waals surface area contributed by atoms with E-state index in [0.29, 0.717) is 19.4 Å². The van der Waals surface area contributed by atoms with Crippen molar-refractivity contribution in [2.75, 3.05) is 6.54 Å². The first-order valence-corrected chi connectivity index (χ1v) is 6.49. The number of carbonyl (C=O) groups excluding carboxylic acids is 1. The standard InChI is InChI=1S/C15H23NO2/c1-11(2)14(17)8-9-16-15(18)10-13-6-4-12(3)5-7-13/h4-7,11,14,17H,8-10H2,1-3H3,(H,16,18). The summed E-state index contributed by atoms with van der Waals surface area (Å²) >= 11 is 0. The smallest absolute Gasteiger partial charge is 0.224 e. The van der Waals surface area contributed by atoms with E-state index in [1.807, 2.05) is 45.0 Å². The largest absolute Gasteiger partial charge is 0.393 e. The Morgan fingerprint density at radius 2 is 1.89 bits per heavy atom. The Morgan fingerprint density at radius 3 is 2.44 bits per heavy atom. The van der Waals surface area contributed by atoms with Gasteiger partial charge < -0.3 is 10.4 Å². The van der Waals surface area contributed by atoms with E-state index in [2.05, 4.69) is 5.32 Å². The molecule has 0 radical (unpaired) electrons. The Labute approximate surface area is 109 Å². The molecule has 0 fully saturated rings. The summed E-state index contributed by atoms with van der Waals surface area (Å²) in [5, 5.41) is 12.4. The lowest BCUT2D eigenvalue weighted by molar-refractivity contribution is -0.120. The van der Waals surface area contributed by atoms with Gasteiger partial charge in [-0.3, -0.25) is 4.79 Å². The maximum atomic E-state index is 11.7. The molecule has 0 heterocycles. The van der Waals surface area contributed by atoms with E-state index in [1.54, 1.807) is 0 Å². The van der Waals surface area contributed by atoms with Gasteiger partial charge in [0.15, 0.2) is 0 Å². The first kappa shape index (κ1) is 14.7. The van der Waals surface area contributed by atoms with Crippen LogP contribution in [0, 0.1) is 12.8 Å². The number of carbonyl (C=O) groups is 1. The maximum absolute atomic E-state index is 11.7. The molecular formula is C15H23NO2. The second kappa shape index (κ2) is 7.17. The molecule has 0 aliphatic rings. The van der Waals surface area contributed by atoms with Gasteiger partial charge >= 0.3 is 0 Å². The lowest BCUT2D eigenvalue weighted by atomic mass is 10.0. The minimum absolute atomic E-state index is 0.00908. The molecule has 100 valence electrons. The van der Waals surface area contributed by atoms with Gasteiger partial charge in [0.1, 0.15) is 0 Å². The minimum Gasteiger partial charge on any atom is -0.393 e. The molecule has 0 saturated carbocycles. The first-order chi connectivity index (χ1) is 8.49. The number of aryl methyl sites for hydroxylation is 1. The van der Waals surface area contributed by atoms with Crippen molar-refractivity contribution in [2.24, 2.45) is 5.92 Å². The van der Waals surface area contributed by atoms with Crippen molar-refractivity contribution in [2.45, 2.75) is 39.7 Å². The molecule has 0 aliphatic carbocycles. The molecule has 3 heteroatoms. The predicted molar refractivity (Wildman–Crippen MR) is 73.4 cm³/mol. The molecule has 1 atom stereocenters. The molecule has 1 amide bonds. The summed E-state index contributed by atoms with van der Waals surface area (Å²) in [6.45, 7) is 6.50. The topological polar surface area (TPSA) is 49.3 Å². The average molecular weight is 249 g/mol. The fourth-order valence-electron chi connectivity index (χ4n) is 1.65. The lowest BCUT2D eigenvalue weighted by Crippen LogP contribution is -2.29. The van der Waals surface area contributed by atoms with Crippen molar-refractivity contribution in [1.29, 1.82) is 0 Å². The Bertz CT molecular complexity index is 371. The van der Waals surface area contributed by atoms with Crippen LogP contribution in [0.25, 0.3) is 0 Å². The summed E-state index contributed by atoms with van der Waals surface area (Å²) in [7, 11) is 0. The Balaban J connectivity index is 2.27. The molecule has 18 heavy (non-hydrogen) atoms. The molecule has 0 aromatic heterocycles. The molecule has 1 aromatic carbocycles. The number of rotatable bonds is 6. The van der Waals surface area contributed by atoms with Crippen LogP contribution in [-0.4, -0.2) is 23.7 Å². The first-order valence-electron chi connectivity index (χ1n) is 6.49. The van der Waals surface area contributed by atoms with Crippen LogP contribution in [0.1, 0.15) is 31.4 Å². The van der Waals surface area contributed by atoms with E-state index in [4.69, 9.17) is 0 Å². The van der Waals surface area contributed by atoms with Crippen molar-refractivity contribution < 1.29 is 9.90 Å². The van der Waals surface area contributed by atoms with Gasteiger partial charge in [-0.2, -0.15) is 0 Å². The zero-order chi connectivity index (χ0) is 13.5. The summed E-state index contributed by atoms with van der Waals surface area (Å²) in [5.41, 5.74) is 2.21. The normalized spacial score (nSPS) is 12.5. The quantitative estimate of drug-likeness (QED) is 0.810. The van der Waals surface area contributed by atoms with Crippen LogP contribution in [0.2, 0.25) is 0 Å². The third-order valence-corrected chi connectivity index (χ3v) is 3.02. The zero-order valence-corrected chi connectivity index (χ0v) is 11.4. The number of hydrogen-bond donors (Lipinski definition) is 2. The van der Waals surface area contributed by atoms with Crippen molar-refractivity contribution in [3.8, 4) is 0 Å². The second-order valence-electron chi connectivity index (χ2n) is 5.11. The van der Waals surface area contributed by atoms with Gasteiger partial charge in [0.05, 0.1) is 12.5 Å². The monoisotopic (exact) mass is 249 g/mol. The van der Waals surface area contributed by atoms with Crippen LogP contribution in [0.15, 0.2) is 24.3 Å². The SMILES string of the molecule is Cc1ccc(CC(=O)NCCC(O)C(C)C)cc1. The molecule has 3 nitrogen and oxygen atoms in total. The molecule has 1 unspecified atom stereocenters. The Kier molecular flexibility index (Phi) is 5.86. The predicted octanol–water partition coefficient (Wildman–Crippen LogP) is 2.06. The van der Waals surface area contributed by atoms with Crippen LogP contribution in [0.3, 0.4) is 0 Å². The Hall–Kier alpha value is -1.35. The number of amides is 1. The van der Waals surface area contributed by atoms with Crippen LogP contribution in [-0.2, 0) is 11.2 Å². The van der Waals surface area contributed by atoms with Crippen LogP contribution in [0.4, 0.5) is 0 Å². The third-order valence-electron chi connectivity index (χ3n) is 3.02. The van der Waals surface area contributed by atoms with Gasteiger partial charge in [0.2, 0.25) is 5.91 Å². The fourth-order valence-corrected chi connectivity index (χ4v) is 1.65. The highest BCUT2D eigenvalue weighted by Gasteiger charge is 2.09. The van der Waals surface area contributed by atoms with Crippen molar-refractivity contribution in [1.82, 2.24) is 5.32 Å². The van der Waals surface area contributed by atoms with Crippen molar-refractivity contribution in [3.05, 3.63) is 35.4 Å². The molecule has 0 bridgehead atoms. The molecular weight excluding hydrogens is 226 g/mol. The van der Waals surface area contributed by atoms with E-state index in [9.17, 15) is 9.90 Å². The Morgan fingerprint density at radius 1 is 1.28 bits per heavy atom. The molecule has 1 aromatic rings.